The molecular formula is C14H12FN5O2. The number of aryl methyl sites for hydroxylation is 2. The number of aromatic nitrogens is 4. The van der Waals surface area contributed by atoms with Gasteiger partial charge < -0.3 is 4.42 Å². The first-order chi connectivity index (χ1) is 10.5. The van der Waals surface area contributed by atoms with Gasteiger partial charge in [0.15, 0.2) is 0 Å². The summed E-state index contributed by atoms with van der Waals surface area (Å²) in [6, 6.07) is 7.28. The highest BCUT2D eigenvalue weighted by atomic mass is 19.1. The van der Waals surface area contributed by atoms with E-state index in [0.29, 0.717) is 5.69 Å². The topological polar surface area (TPSA) is 85.8 Å². The lowest BCUT2D eigenvalue weighted by Gasteiger charge is -2.01. The smallest absolute Gasteiger partial charge is 0.322 e. The van der Waals surface area contributed by atoms with Gasteiger partial charge in [-0.05, 0) is 25.1 Å². The van der Waals surface area contributed by atoms with Gasteiger partial charge in [0, 0.05) is 12.7 Å². The number of halogens is 1. The van der Waals surface area contributed by atoms with E-state index in [0.717, 1.165) is 5.69 Å². The molecule has 7 nitrogen and oxygen atoms in total. The van der Waals surface area contributed by atoms with Crippen molar-refractivity contribution in [2.75, 3.05) is 5.32 Å². The van der Waals surface area contributed by atoms with Gasteiger partial charge in [-0.15, -0.1) is 5.10 Å². The summed E-state index contributed by atoms with van der Waals surface area (Å²) < 4.78 is 20.5. The number of carbonyl (C=O) groups excluding carboxylic acids is 1. The number of amides is 1. The molecule has 0 aliphatic heterocycles. The highest BCUT2D eigenvalue weighted by Crippen LogP contribution is 2.19. The average molecular weight is 301 g/mol. The molecule has 0 saturated heterocycles. The van der Waals surface area contributed by atoms with Crippen molar-refractivity contribution >= 4 is 11.9 Å². The maximum Gasteiger partial charge on any atom is 0.322 e. The van der Waals surface area contributed by atoms with E-state index in [4.69, 9.17) is 4.42 Å². The lowest BCUT2D eigenvalue weighted by Crippen LogP contribution is -2.13. The zero-order valence-electron chi connectivity index (χ0n) is 11.9. The standard InChI is InChI=1S/C14H12FN5O2/c1-8-7-11(19-20(8)2)13-17-18-14(22-13)16-12(21)9-5-3-4-6-10(9)15/h3-7H,1-2H3,(H,16,18,21). The summed E-state index contributed by atoms with van der Waals surface area (Å²) in [5, 5.41) is 14.1. The number of anilines is 1. The fourth-order valence-corrected chi connectivity index (χ4v) is 1.85. The Balaban J connectivity index is 1.80. The normalized spacial score (nSPS) is 10.7. The molecule has 3 aromatic rings. The molecule has 0 saturated carbocycles. The minimum absolute atomic E-state index is 0.101. The van der Waals surface area contributed by atoms with E-state index >= 15 is 0 Å². The molecule has 0 unspecified atom stereocenters. The molecule has 0 aliphatic carbocycles. The van der Waals surface area contributed by atoms with Crippen LogP contribution in [0.4, 0.5) is 10.4 Å². The number of nitrogens with one attached hydrogen (secondary N) is 1. The van der Waals surface area contributed by atoms with Gasteiger partial charge in [0.05, 0.1) is 5.56 Å². The summed E-state index contributed by atoms with van der Waals surface area (Å²) in [4.78, 5) is 11.9. The second-order valence-corrected chi connectivity index (χ2v) is 4.64. The van der Waals surface area contributed by atoms with E-state index in [1.165, 1.54) is 18.2 Å². The Kier molecular flexibility index (Phi) is 3.42. The third-order valence-electron chi connectivity index (χ3n) is 3.10. The predicted molar refractivity (Wildman–Crippen MR) is 75.6 cm³/mol. The van der Waals surface area contributed by atoms with Gasteiger partial charge in [0.2, 0.25) is 0 Å². The van der Waals surface area contributed by atoms with Crippen molar-refractivity contribution in [1.82, 2.24) is 20.0 Å². The summed E-state index contributed by atoms with van der Waals surface area (Å²) >= 11 is 0. The SMILES string of the molecule is Cc1cc(-c2nnc(NC(=O)c3ccccc3F)o2)nn1C. The van der Waals surface area contributed by atoms with E-state index in [1.807, 2.05) is 6.92 Å². The fourth-order valence-electron chi connectivity index (χ4n) is 1.85. The Bertz CT molecular complexity index is 820. The zero-order chi connectivity index (χ0) is 15.7. The minimum atomic E-state index is -0.662. The van der Waals surface area contributed by atoms with Crippen LogP contribution < -0.4 is 5.32 Å². The summed E-state index contributed by atoms with van der Waals surface area (Å²) in [6.07, 6.45) is 0. The van der Waals surface area contributed by atoms with Crippen molar-refractivity contribution in [1.29, 1.82) is 0 Å². The molecule has 8 heteroatoms. The van der Waals surface area contributed by atoms with Crippen LogP contribution in [0.25, 0.3) is 11.6 Å². The van der Waals surface area contributed by atoms with Gasteiger partial charge >= 0.3 is 6.01 Å². The molecule has 1 aromatic carbocycles. The molecule has 22 heavy (non-hydrogen) atoms. The van der Waals surface area contributed by atoms with Crippen molar-refractivity contribution < 1.29 is 13.6 Å². The number of carbonyl (C=O) groups is 1. The van der Waals surface area contributed by atoms with E-state index in [1.54, 1.807) is 23.9 Å². The molecule has 0 fully saturated rings. The van der Waals surface area contributed by atoms with Crippen molar-refractivity contribution in [3.05, 3.63) is 47.4 Å². The molecule has 3 rings (SSSR count). The number of hydrogen-bond donors (Lipinski definition) is 1. The largest absolute Gasteiger partial charge is 0.401 e. The molecule has 0 bridgehead atoms. The number of benzene rings is 1. The van der Waals surface area contributed by atoms with Crippen LogP contribution in [-0.4, -0.2) is 25.9 Å². The predicted octanol–water partition coefficient (Wildman–Crippen LogP) is 2.17. The summed E-state index contributed by atoms with van der Waals surface area (Å²) in [7, 11) is 1.79. The van der Waals surface area contributed by atoms with Crippen LogP contribution in [0.2, 0.25) is 0 Å². The highest BCUT2D eigenvalue weighted by molar-refractivity contribution is 6.03. The molecule has 0 atom stereocenters. The van der Waals surface area contributed by atoms with Crippen LogP contribution in [0.15, 0.2) is 34.7 Å². The van der Waals surface area contributed by atoms with Gasteiger partial charge in [-0.2, -0.15) is 5.10 Å². The third-order valence-corrected chi connectivity index (χ3v) is 3.10. The van der Waals surface area contributed by atoms with Crippen LogP contribution in [0.1, 0.15) is 16.1 Å². The molecule has 0 aliphatic rings. The maximum absolute atomic E-state index is 13.5. The summed E-state index contributed by atoms with van der Waals surface area (Å²) in [5.74, 6) is -1.11. The van der Waals surface area contributed by atoms with E-state index < -0.39 is 11.7 Å². The van der Waals surface area contributed by atoms with Gasteiger partial charge in [-0.25, -0.2) is 4.39 Å². The van der Waals surface area contributed by atoms with Crippen LogP contribution in [0.5, 0.6) is 0 Å². The minimum Gasteiger partial charge on any atom is -0.401 e. The fraction of sp³-hybridized carbons (Fsp3) is 0.143. The van der Waals surface area contributed by atoms with Gasteiger partial charge in [-0.3, -0.25) is 14.8 Å². The average Bonchev–Trinajstić information content (AvgIpc) is 3.07. The molecule has 1 amide bonds. The zero-order valence-corrected chi connectivity index (χ0v) is 11.9. The van der Waals surface area contributed by atoms with Gasteiger partial charge in [0.25, 0.3) is 11.8 Å². The van der Waals surface area contributed by atoms with Crippen molar-refractivity contribution in [2.45, 2.75) is 6.92 Å². The van der Waals surface area contributed by atoms with E-state index in [-0.39, 0.29) is 17.5 Å². The van der Waals surface area contributed by atoms with Crippen LogP contribution in [0.3, 0.4) is 0 Å². The lowest BCUT2D eigenvalue weighted by atomic mass is 10.2. The quantitative estimate of drug-likeness (QED) is 0.801. The van der Waals surface area contributed by atoms with Crippen LogP contribution >= 0.6 is 0 Å². The molecule has 2 heterocycles. The second kappa shape index (κ2) is 5.40. The Morgan fingerprint density at radius 1 is 1.32 bits per heavy atom. The van der Waals surface area contributed by atoms with Crippen LogP contribution in [-0.2, 0) is 7.05 Å². The van der Waals surface area contributed by atoms with E-state index in [2.05, 4.69) is 20.6 Å². The molecule has 112 valence electrons. The Morgan fingerprint density at radius 3 is 2.77 bits per heavy atom. The molecule has 0 radical (unpaired) electrons. The van der Waals surface area contributed by atoms with Gasteiger partial charge in [-0.1, -0.05) is 17.2 Å². The third kappa shape index (κ3) is 2.58. The lowest BCUT2D eigenvalue weighted by molar-refractivity contribution is 0.102. The van der Waals surface area contributed by atoms with Crippen molar-refractivity contribution in [2.24, 2.45) is 7.05 Å². The maximum atomic E-state index is 13.5. The molecule has 0 spiro atoms. The first-order valence-corrected chi connectivity index (χ1v) is 6.45. The first kappa shape index (κ1) is 13.9. The molecule has 1 N–H and O–H groups in total. The number of hydrogen-bond acceptors (Lipinski definition) is 5. The Morgan fingerprint density at radius 2 is 2.09 bits per heavy atom. The van der Waals surface area contributed by atoms with Crippen LogP contribution in [0, 0.1) is 12.7 Å². The number of nitrogens with zero attached hydrogens (tertiary/aromatic N) is 4. The highest BCUT2D eigenvalue weighted by Gasteiger charge is 2.16. The van der Waals surface area contributed by atoms with Crippen molar-refractivity contribution in [3.63, 3.8) is 0 Å². The van der Waals surface area contributed by atoms with E-state index in [9.17, 15) is 9.18 Å². The number of rotatable bonds is 3. The molecular weight excluding hydrogens is 289 g/mol. The summed E-state index contributed by atoms with van der Waals surface area (Å²) in [6.45, 7) is 1.88. The first-order valence-electron chi connectivity index (χ1n) is 6.45. The monoisotopic (exact) mass is 301 g/mol. The Hall–Kier alpha value is -3.03. The van der Waals surface area contributed by atoms with Gasteiger partial charge in [0.1, 0.15) is 11.5 Å². The van der Waals surface area contributed by atoms with Crippen molar-refractivity contribution in [3.8, 4) is 11.6 Å². The molecule has 2 aromatic heterocycles. The second-order valence-electron chi connectivity index (χ2n) is 4.64. The summed E-state index contributed by atoms with van der Waals surface area (Å²) in [5.41, 5.74) is 1.32. The Labute approximate surface area is 124 Å².